The predicted molar refractivity (Wildman–Crippen MR) is 70.8 cm³/mol. The zero-order valence-electron chi connectivity index (χ0n) is 12.1. The van der Waals surface area contributed by atoms with Crippen LogP contribution in [0.3, 0.4) is 0 Å². The van der Waals surface area contributed by atoms with E-state index in [-0.39, 0.29) is 17.2 Å². The highest BCUT2D eigenvalue weighted by atomic mass is 16.6. The van der Waals surface area contributed by atoms with Crippen molar-refractivity contribution in [2.75, 3.05) is 7.05 Å². The van der Waals surface area contributed by atoms with Gasteiger partial charge in [-0.3, -0.25) is 4.90 Å². The number of hydrogen-bond donors (Lipinski definition) is 1. The summed E-state index contributed by atoms with van der Waals surface area (Å²) in [4.78, 5) is 2.40. The third kappa shape index (κ3) is 3.30. The van der Waals surface area contributed by atoms with Gasteiger partial charge in [0.1, 0.15) is 0 Å². The Morgan fingerprint density at radius 1 is 1.29 bits per heavy atom. The molecule has 1 heterocycles. The summed E-state index contributed by atoms with van der Waals surface area (Å²) in [6.45, 7) is 14.4. The first kappa shape index (κ1) is 14.7. The maximum atomic E-state index is 9.75. The molecular formula is C14H27NO2. The summed E-state index contributed by atoms with van der Waals surface area (Å²) in [5.41, 5.74) is 0.835. The lowest BCUT2D eigenvalue weighted by atomic mass is 9.78. The molecule has 100 valence electrons. The number of ether oxygens (including phenoxy) is 1. The van der Waals surface area contributed by atoms with Gasteiger partial charge in [0.05, 0.1) is 6.10 Å². The van der Waals surface area contributed by atoms with Crippen LogP contribution >= 0.6 is 0 Å². The van der Waals surface area contributed by atoms with Gasteiger partial charge in [-0.2, -0.15) is 0 Å². The molecule has 0 aliphatic carbocycles. The maximum Gasteiger partial charge on any atom is 0.176 e. The monoisotopic (exact) mass is 241 g/mol. The van der Waals surface area contributed by atoms with Gasteiger partial charge in [0.25, 0.3) is 0 Å². The molecule has 1 rings (SSSR count). The van der Waals surface area contributed by atoms with Crippen molar-refractivity contribution in [2.45, 2.75) is 70.9 Å². The summed E-state index contributed by atoms with van der Waals surface area (Å²) in [5.74, 6) is 0. The van der Waals surface area contributed by atoms with Crippen LogP contribution < -0.4 is 0 Å². The van der Waals surface area contributed by atoms with Crippen LogP contribution in [0.4, 0.5) is 0 Å². The number of aliphatic hydroxyl groups excluding tert-OH is 1. The van der Waals surface area contributed by atoms with Crippen LogP contribution in [0.15, 0.2) is 12.2 Å². The normalized spacial score (nSPS) is 26.8. The fraction of sp³-hybridized carbons (Fsp3) is 0.857. The fourth-order valence-corrected chi connectivity index (χ4v) is 2.67. The van der Waals surface area contributed by atoms with Crippen LogP contribution in [0.5, 0.6) is 0 Å². The lowest BCUT2D eigenvalue weighted by Crippen LogP contribution is -2.60. The average molecular weight is 241 g/mol. The summed E-state index contributed by atoms with van der Waals surface area (Å²) in [5, 5.41) is 9.75. The molecular weight excluding hydrogens is 214 g/mol. The van der Waals surface area contributed by atoms with Crippen LogP contribution in [-0.2, 0) is 4.74 Å². The third-order valence-corrected chi connectivity index (χ3v) is 4.01. The van der Waals surface area contributed by atoms with Gasteiger partial charge in [-0.25, -0.2) is 0 Å². The molecule has 1 fully saturated rings. The Hall–Kier alpha value is -0.380. The van der Waals surface area contributed by atoms with Crippen molar-refractivity contribution in [3.8, 4) is 0 Å². The Morgan fingerprint density at radius 2 is 1.71 bits per heavy atom. The van der Waals surface area contributed by atoms with Crippen molar-refractivity contribution in [2.24, 2.45) is 0 Å². The minimum Gasteiger partial charge on any atom is -0.364 e. The SMILES string of the molecule is C=C(C)C(O)OC1CC(C)(C)N(C)C(C)(C)C1. The third-order valence-electron chi connectivity index (χ3n) is 4.01. The zero-order valence-corrected chi connectivity index (χ0v) is 12.1. The summed E-state index contributed by atoms with van der Waals surface area (Å²) >= 11 is 0. The van der Waals surface area contributed by atoms with Gasteiger partial charge in [-0.15, -0.1) is 0 Å². The number of aliphatic hydroxyl groups is 1. The van der Waals surface area contributed by atoms with Crippen molar-refractivity contribution in [3.63, 3.8) is 0 Å². The fourth-order valence-electron chi connectivity index (χ4n) is 2.67. The standard InChI is InChI=1S/C14H27NO2/c1-10(2)12(16)17-11-8-13(3,4)15(7)14(5,6)9-11/h11-12,16H,1,8-9H2,2-7H3. The Balaban J connectivity index is 2.75. The Labute approximate surface area is 105 Å². The van der Waals surface area contributed by atoms with Crippen molar-refractivity contribution in [1.82, 2.24) is 4.90 Å². The van der Waals surface area contributed by atoms with E-state index in [2.05, 4.69) is 46.2 Å². The second-order valence-electron chi connectivity index (χ2n) is 6.55. The van der Waals surface area contributed by atoms with Crippen LogP contribution in [0, 0.1) is 0 Å². The summed E-state index contributed by atoms with van der Waals surface area (Å²) in [6, 6.07) is 0. The predicted octanol–water partition coefficient (Wildman–Crippen LogP) is 2.55. The molecule has 0 aromatic carbocycles. The van der Waals surface area contributed by atoms with Crippen molar-refractivity contribution < 1.29 is 9.84 Å². The highest BCUT2D eigenvalue weighted by molar-refractivity contribution is 5.00. The van der Waals surface area contributed by atoms with Gasteiger partial charge >= 0.3 is 0 Å². The molecule has 0 aromatic rings. The number of nitrogens with zero attached hydrogens (tertiary/aromatic N) is 1. The second-order valence-corrected chi connectivity index (χ2v) is 6.55. The lowest BCUT2D eigenvalue weighted by molar-refractivity contribution is -0.161. The minimum absolute atomic E-state index is 0.0845. The Morgan fingerprint density at radius 3 is 2.06 bits per heavy atom. The van der Waals surface area contributed by atoms with Crippen LogP contribution in [0.25, 0.3) is 0 Å². The van der Waals surface area contributed by atoms with Crippen LogP contribution in [-0.4, -0.2) is 40.5 Å². The van der Waals surface area contributed by atoms with E-state index in [9.17, 15) is 5.11 Å². The van der Waals surface area contributed by atoms with Crippen molar-refractivity contribution in [1.29, 1.82) is 0 Å². The molecule has 1 unspecified atom stereocenters. The molecule has 3 nitrogen and oxygen atoms in total. The van der Waals surface area contributed by atoms with E-state index in [1.54, 1.807) is 6.92 Å². The molecule has 0 radical (unpaired) electrons. The van der Waals surface area contributed by atoms with E-state index >= 15 is 0 Å². The molecule has 1 aliphatic heterocycles. The van der Waals surface area contributed by atoms with Gasteiger partial charge in [-0.1, -0.05) is 6.58 Å². The second kappa shape index (κ2) is 4.71. The minimum atomic E-state index is -0.838. The molecule has 0 aromatic heterocycles. The quantitative estimate of drug-likeness (QED) is 0.609. The molecule has 1 N–H and O–H groups in total. The van der Waals surface area contributed by atoms with Gasteiger partial charge in [-0.05, 0) is 60.1 Å². The topological polar surface area (TPSA) is 32.7 Å². The van der Waals surface area contributed by atoms with Crippen molar-refractivity contribution >= 4 is 0 Å². The van der Waals surface area contributed by atoms with Gasteiger partial charge in [0.15, 0.2) is 6.29 Å². The first-order chi connectivity index (χ1) is 7.56. The lowest BCUT2D eigenvalue weighted by Gasteiger charge is -2.53. The largest absolute Gasteiger partial charge is 0.364 e. The maximum absolute atomic E-state index is 9.75. The molecule has 17 heavy (non-hydrogen) atoms. The van der Waals surface area contributed by atoms with E-state index in [1.165, 1.54) is 0 Å². The molecule has 0 bridgehead atoms. The van der Waals surface area contributed by atoms with E-state index in [0.717, 1.165) is 12.8 Å². The van der Waals surface area contributed by atoms with Gasteiger partial charge < -0.3 is 9.84 Å². The highest BCUT2D eigenvalue weighted by Gasteiger charge is 2.43. The number of hydrogen-bond acceptors (Lipinski definition) is 3. The molecule has 0 saturated carbocycles. The Bertz CT molecular complexity index is 279. The van der Waals surface area contributed by atoms with Crippen molar-refractivity contribution in [3.05, 3.63) is 12.2 Å². The van der Waals surface area contributed by atoms with Crippen LogP contribution in [0.2, 0.25) is 0 Å². The summed E-state index contributed by atoms with van der Waals surface area (Å²) < 4.78 is 5.70. The summed E-state index contributed by atoms with van der Waals surface area (Å²) in [7, 11) is 2.16. The van der Waals surface area contributed by atoms with Gasteiger partial charge in [0, 0.05) is 11.1 Å². The first-order valence-electron chi connectivity index (χ1n) is 6.29. The number of likely N-dealkylation sites (tertiary alicyclic amines) is 1. The average Bonchev–Trinajstić information content (AvgIpc) is 2.12. The van der Waals surface area contributed by atoms with E-state index in [4.69, 9.17) is 4.74 Å². The van der Waals surface area contributed by atoms with Crippen LogP contribution in [0.1, 0.15) is 47.5 Å². The highest BCUT2D eigenvalue weighted by Crippen LogP contribution is 2.38. The molecule has 0 spiro atoms. The summed E-state index contributed by atoms with van der Waals surface area (Å²) in [6.07, 6.45) is 1.10. The number of piperidine rings is 1. The molecule has 3 heteroatoms. The Kier molecular flexibility index (Phi) is 4.07. The molecule has 1 saturated heterocycles. The zero-order chi connectivity index (χ0) is 13.4. The smallest absolute Gasteiger partial charge is 0.176 e. The first-order valence-corrected chi connectivity index (χ1v) is 6.29. The van der Waals surface area contributed by atoms with E-state index < -0.39 is 6.29 Å². The molecule has 1 atom stereocenters. The van der Waals surface area contributed by atoms with E-state index in [1.807, 2.05) is 0 Å². The molecule has 1 aliphatic rings. The number of rotatable bonds is 3. The van der Waals surface area contributed by atoms with Gasteiger partial charge in [0.2, 0.25) is 0 Å². The molecule has 0 amide bonds. The van der Waals surface area contributed by atoms with E-state index in [0.29, 0.717) is 5.57 Å².